The first-order valence-corrected chi connectivity index (χ1v) is 6.80. The topological polar surface area (TPSA) is 26.0 Å². The van der Waals surface area contributed by atoms with Gasteiger partial charge < -0.3 is 30.6 Å². The van der Waals surface area contributed by atoms with E-state index in [0.29, 0.717) is 20.9 Å². The average Bonchev–Trinajstić information content (AvgIpc) is 1.66. The van der Waals surface area contributed by atoms with Gasteiger partial charge in [0.15, 0.2) is 0 Å². The van der Waals surface area contributed by atoms with Gasteiger partial charge in [-0.3, -0.25) is 0 Å². The van der Waals surface area contributed by atoms with Gasteiger partial charge in [0.25, 0.3) is 0 Å². The monoisotopic (exact) mass is 280 g/mol. The molecule has 0 amide bonds. The van der Waals surface area contributed by atoms with Crippen molar-refractivity contribution in [2.75, 3.05) is 0 Å². The van der Waals surface area contributed by atoms with Gasteiger partial charge in [0, 0.05) is 0 Å². The summed E-state index contributed by atoms with van der Waals surface area (Å²) in [5.74, 6) is 0. The van der Waals surface area contributed by atoms with Crippen LogP contribution in [0.1, 0.15) is 13.8 Å². The molecule has 55 valence electrons. The number of thiocarbonyl (C=S) groups is 1. The zero-order chi connectivity index (χ0) is 7.70. The van der Waals surface area contributed by atoms with Crippen LogP contribution in [0.5, 0.6) is 0 Å². The molecule has 4 heteroatoms. The van der Waals surface area contributed by atoms with Gasteiger partial charge in [0.1, 0.15) is 0 Å². The van der Waals surface area contributed by atoms with E-state index in [4.69, 9.17) is 0 Å². The molecule has 9 heavy (non-hydrogen) atoms. The smallest absolute Gasteiger partial charge is 0.0708 e. The van der Waals surface area contributed by atoms with Crippen molar-refractivity contribution in [2.24, 2.45) is 5.73 Å². The third-order valence-electron chi connectivity index (χ3n) is 0.408. The Morgan fingerprint density at radius 2 is 1.78 bits per heavy atom. The van der Waals surface area contributed by atoms with E-state index in [1.807, 2.05) is 0 Å². The summed E-state index contributed by atoms with van der Waals surface area (Å²) < 4.78 is 3.03. The Morgan fingerprint density at radius 3 is 1.78 bits per heavy atom. The van der Waals surface area contributed by atoms with Crippen molar-refractivity contribution < 1.29 is 0 Å². The molecule has 0 aliphatic heterocycles. The van der Waals surface area contributed by atoms with E-state index in [0.717, 1.165) is 0 Å². The zero-order valence-corrected chi connectivity index (χ0v) is 9.68. The molecule has 0 saturated heterocycles. The number of hydrogen-bond acceptors (Lipinski definition) is 2. The summed E-state index contributed by atoms with van der Waals surface area (Å²) in [6, 6.07) is 0. The van der Waals surface area contributed by atoms with Crippen LogP contribution in [0, 0.1) is 0 Å². The van der Waals surface area contributed by atoms with E-state index in [1.165, 1.54) is 8.94 Å². The third kappa shape index (κ3) is 50.4. The van der Waals surface area contributed by atoms with Crippen molar-refractivity contribution in [3.8, 4) is 0 Å². The van der Waals surface area contributed by atoms with Crippen molar-refractivity contribution in [1.82, 2.24) is 0 Å². The Labute approximate surface area is 78.3 Å². The molecule has 1 radical (unpaired) electrons. The Bertz CT molecular complexity index is 62.0. The van der Waals surface area contributed by atoms with Gasteiger partial charge in [0.05, 0.1) is 0 Å². The van der Waals surface area contributed by atoms with Crippen molar-refractivity contribution in [3.05, 3.63) is 0 Å². The summed E-state index contributed by atoms with van der Waals surface area (Å²) in [6.45, 7) is 4.54. The molecule has 0 spiro atoms. The molecule has 2 N–H and O–H groups in total. The molecule has 0 unspecified atom stereocenters. The molecule has 0 aliphatic rings. The van der Waals surface area contributed by atoms with Gasteiger partial charge in [-0.2, -0.15) is 0 Å². The molecule has 0 saturated carbocycles. The maximum atomic E-state index is 4.66. The summed E-state index contributed by atoms with van der Waals surface area (Å²) in [7, 11) is 0. The number of hydrogen-bond donors (Lipinski definition) is 1. The SMILES string of the molecule is CC[Te+]CC.NC(=S)[S-]. The molecule has 0 aromatic carbocycles. The van der Waals surface area contributed by atoms with Crippen LogP contribution in [0.15, 0.2) is 0 Å². The Balaban J connectivity index is 0. The largest absolute Gasteiger partial charge is 0.415 e. The molecule has 0 atom stereocenters. The van der Waals surface area contributed by atoms with E-state index >= 15 is 0 Å². The Kier molecular flexibility index (Phi) is 16.3. The molecule has 0 fully saturated rings. The minimum absolute atomic E-state index is 0.0833. The number of rotatable bonds is 2. The molecule has 0 aliphatic carbocycles. The summed E-state index contributed by atoms with van der Waals surface area (Å²) in [5.41, 5.74) is 4.66. The van der Waals surface area contributed by atoms with Gasteiger partial charge in [-0.1, -0.05) is 4.32 Å². The fourth-order valence-corrected chi connectivity index (χ4v) is 1.37. The Morgan fingerprint density at radius 1 is 1.56 bits per heavy atom. The molecule has 0 bridgehead atoms. The summed E-state index contributed by atoms with van der Waals surface area (Å²) >= 11 is 8.75. The van der Waals surface area contributed by atoms with Gasteiger partial charge in [-0.15, -0.1) is 0 Å². The summed E-state index contributed by atoms with van der Waals surface area (Å²) in [5, 5.41) is 0. The maximum absolute atomic E-state index is 4.66. The molecule has 0 aromatic heterocycles. The van der Waals surface area contributed by atoms with Crippen molar-refractivity contribution in [2.45, 2.75) is 22.8 Å². The molecule has 0 aromatic rings. The molecular weight excluding hydrogens is 266 g/mol. The maximum Gasteiger partial charge on any atom is -0.0708 e. The van der Waals surface area contributed by atoms with E-state index < -0.39 is 0 Å². The minimum atomic E-state index is 0.0833. The fraction of sp³-hybridized carbons (Fsp3) is 0.800. The first-order chi connectivity index (χ1) is 4.15. The quantitative estimate of drug-likeness (QED) is 0.469. The van der Waals surface area contributed by atoms with Gasteiger partial charge in [0.2, 0.25) is 0 Å². The van der Waals surface area contributed by atoms with E-state index in [-0.39, 0.29) is 4.32 Å². The van der Waals surface area contributed by atoms with Crippen LogP contribution >= 0.6 is 12.2 Å². The van der Waals surface area contributed by atoms with E-state index in [2.05, 4.69) is 44.4 Å². The molecule has 0 heterocycles. The second kappa shape index (κ2) is 11.7. The molecule has 1 nitrogen and oxygen atoms in total. The Hall–Kier alpha value is 0.900. The van der Waals surface area contributed by atoms with Crippen LogP contribution in [0.3, 0.4) is 0 Å². The van der Waals surface area contributed by atoms with E-state index in [9.17, 15) is 0 Å². The van der Waals surface area contributed by atoms with Crippen LogP contribution in [0.4, 0.5) is 0 Å². The second-order valence-electron chi connectivity index (χ2n) is 1.10. The summed E-state index contributed by atoms with van der Waals surface area (Å²) in [4.78, 5) is 0. The van der Waals surface area contributed by atoms with E-state index in [1.54, 1.807) is 0 Å². The van der Waals surface area contributed by atoms with Crippen LogP contribution in [-0.2, 0) is 12.6 Å². The first kappa shape index (κ1) is 12.6. The average molecular weight is 278 g/mol. The summed E-state index contributed by atoms with van der Waals surface area (Å²) in [6.07, 6.45) is 0. The van der Waals surface area contributed by atoms with Gasteiger partial charge >= 0.3 is 43.7 Å². The molecular formula is C5H12NS2Te. The fourth-order valence-electron chi connectivity index (χ4n) is 0.204. The second-order valence-corrected chi connectivity index (χ2v) is 6.70. The standard InChI is InChI=1S/C4H10Te.CH3NS2/c1-3-5-4-2;2-1(3)4/h3-4H2,1-2H3;(H3,2,3,4)/q+1;/p-1. The van der Waals surface area contributed by atoms with Crippen molar-refractivity contribution in [3.63, 3.8) is 0 Å². The van der Waals surface area contributed by atoms with Crippen molar-refractivity contribution in [1.29, 1.82) is 0 Å². The van der Waals surface area contributed by atoms with Crippen molar-refractivity contribution >= 4 is 50.1 Å². The van der Waals surface area contributed by atoms with Crippen LogP contribution in [0.2, 0.25) is 8.94 Å². The van der Waals surface area contributed by atoms with Crippen LogP contribution < -0.4 is 5.73 Å². The van der Waals surface area contributed by atoms with Crippen LogP contribution in [-0.4, -0.2) is 25.2 Å². The van der Waals surface area contributed by atoms with Gasteiger partial charge in [-0.25, -0.2) is 0 Å². The van der Waals surface area contributed by atoms with Crippen LogP contribution in [0.25, 0.3) is 0 Å². The number of nitrogens with two attached hydrogens (primary N) is 1. The minimum Gasteiger partial charge on any atom is -0.415 e. The molecule has 0 rings (SSSR count). The van der Waals surface area contributed by atoms with Gasteiger partial charge in [-0.05, 0) is 0 Å². The third-order valence-corrected chi connectivity index (χ3v) is 2.74. The first-order valence-electron chi connectivity index (χ1n) is 2.69. The predicted molar refractivity (Wildman–Crippen MR) is 50.9 cm³/mol. The normalized spacial score (nSPS) is 7.33. The zero-order valence-electron chi connectivity index (χ0n) is 5.72. The predicted octanol–water partition coefficient (Wildman–Crippen LogP) is 1.34.